The number of carbonyl (C=O) groups excluding carboxylic acids is 4. The molecule has 6 rings (SSSR count). The molecule has 3 heterocycles. The van der Waals surface area contributed by atoms with Gasteiger partial charge in [-0.15, -0.1) is 0 Å². The minimum atomic E-state index is -1.81. The Bertz CT molecular complexity index is 2130. The Balaban J connectivity index is 1.47. The number of carbonyl (C=O) groups is 4. The Morgan fingerprint density at radius 2 is 1.33 bits per heavy atom. The van der Waals surface area contributed by atoms with Crippen LogP contribution in [-0.4, -0.2) is 69.6 Å². The fraction of sp³-hybridized carbons (Fsp3) is 0.282. The topological polar surface area (TPSA) is 171 Å². The largest absolute Gasteiger partial charge is 0.459 e. The van der Waals surface area contributed by atoms with Gasteiger partial charge >= 0.3 is 24.0 Å². The van der Waals surface area contributed by atoms with Gasteiger partial charge in [-0.2, -0.15) is 0 Å². The molecule has 1 aliphatic rings. The normalized spacial score (nSPS) is 19.6. The highest BCUT2D eigenvalue weighted by atomic mass is 16.7. The predicted octanol–water partition coefficient (Wildman–Crippen LogP) is 6.08. The zero-order valence-corrected chi connectivity index (χ0v) is 29.3. The van der Waals surface area contributed by atoms with Crippen molar-refractivity contribution in [3.63, 3.8) is 0 Å². The number of anilines is 1. The monoisotopic (exact) mass is 706 g/mol. The molecule has 3 aromatic carbocycles. The average molecular weight is 707 g/mol. The number of nitrogens with zero attached hydrogens (tertiary/aromatic N) is 3. The molecule has 0 bridgehead atoms. The molecule has 0 aliphatic carbocycles. The Kier molecular flexibility index (Phi) is 10.1. The summed E-state index contributed by atoms with van der Waals surface area (Å²) in [5, 5.41) is 0. The van der Waals surface area contributed by atoms with Gasteiger partial charge in [-0.25, -0.2) is 33.7 Å². The van der Waals surface area contributed by atoms with Crippen molar-refractivity contribution in [2.75, 3.05) is 18.9 Å². The van der Waals surface area contributed by atoms with E-state index in [2.05, 4.69) is 9.97 Å². The van der Waals surface area contributed by atoms with Gasteiger partial charge in [-0.1, -0.05) is 53.1 Å². The molecule has 13 nitrogen and oxygen atoms in total. The molecule has 5 aromatic rings. The number of aromatic nitrogens is 3. The van der Waals surface area contributed by atoms with Crippen molar-refractivity contribution in [1.82, 2.24) is 14.5 Å². The van der Waals surface area contributed by atoms with E-state index in [4.69, 9.17) is 29.4 Å². The van der Waals surface area contributed by atoms with Crippen LogP contribution in [0.4, 0.5) is 10.6 Å². The van der Waals surface area contributed by atoms with Crippen molar-refractivity contribution in [3.8, 4) is 0 Å². The van der Waals surface area contributed by atoms with Crippen molar-refractivity contribution >= 4 is 40.9 Å². The summed E-state index contributed by atoms with van der Waals surface area (Å²) in [5.74, 6) is -2.14. The zero-order valence-electron chi connectivity index (χ0n) is 29.3. The van der Waals surface area contributed by atoms with Crippen LogP contribution in [0.25, 0.3) is 11.0 Å². The van der Waals surface area contributed by atoms with Gasteiger partial charge in [0, 0.05) is 11.8 Å². The van der Waals surface area contributed by atoms with E-state index in [-0.39, 0.29) is 40.1 Å². The molecule has 2 aromatic heterocycles. The van der Waals surface area contributed by atoms with E-state index in [1.54, 1.807) is 86.6 Å². The molecule has 0 spiro atoms. The summed E-state index contributed by atoms with van der Waals surface area (Å²) >= 11 is 0. The van der Waals surface area contributed by atoms with E-state index in [1.165, 1.54) is 12.5 Å². The van der Waals surface area contributed by atoms with Gasteiger partial charge in [0.15, 0.2) is 17.5 Å². The minimum absolute atomic E-state index is 0.0217. The first-order valence-electron chi connectivity index (χ1n) is 16.6. The molecular weight excluding hydrogens is 668 g/mol. The fourth-order valence-corrected chi connectivity index (χ4v) is 6.10. The van der Waals surface area contributed by atoms with Crippen molar-refractivity contribution in [2.45, 2.75) is 58.5 Å². The Hall–Kier alpha value is -6.08. The van der Waals surface area contributed by atoms with Gasteiger partial charge in [0.2, 0.25) is 0 Å². The highest BCUT2D eigenvalue weighted by Crippen LogP contribution is 2.48. The van der Waals surface area contributed by atoms with Crippen molar-refractivity contribution in [3.05, 3.63) is 124 Å². The summed E-state index contributed by atoms with van der Waals surface area (Å²) in [6.45, 7) is 8.53. The quantitative estimate of drug-likeness (QED) is 0.139. The summed E-state index contributed by atoms with van der Waals surface area (Å²) in [7, 11) is 0. The van der Waals surface area contributed by atoms with E-state index >= 15 is 0 Å². The number of hydrogen-bond donors (Lipinski definition) is 1. The van der Waals surface area contributed by atoms with E-state index in [0.29, 0.717) is 5.56 Å². The third-order valence-electron chi connectivity index (χ3n) is 8.90. The molecule has 1 saturated heterocycles. The highest BCUT2D eigenvalue weighted by molar-refractivity contribution is 5.96. The van der Waals surface area contributed by atoms with E-state index in [1.807, 2.05) is 20.8 Å². The molecule has 0 amide bonds. The molecule has 0 saturated carbocycles. The second kappa shape index (κ2) is 14.6. The van der Waals surface area contributed by atoms with Crippen molar-refractivity contribution < 1.29 is 42.9 Å². The maximum Gasteiger partial charge on any atom is 0.418 e. The Morgan fingerprint density at radius 1 is 0.788 bits per heavy atom. The first-order chi connectivity index (χ1) is 24.9. The first kappa shape index (κ1) is 35.7. The van der Waals surface area contributed by atoms with Crippen LogP contribution in [0, 0.1) is 20.8 Å². The number of nitrogen functional groups attached to an aromatic ring is 1. The first-order valence-corrected chi connectivity index (χ1v) is 16.6. The summed E-state index contributed by atoms with van der Waals surface area (Å²) < 4.78 is 31.2. The van der Waals surface area contributed by atoms with Crippen LogP contribution in [0.5, 0.6) is 0 Å². The van der Waals surface area contributed by atoms with E-state index in [0.717, 1.165) is 21.3 Å². The van der Waals surface area contributed by atoms with Crippen LogP contribution in [0.1, 0.15) is 73.3 Å². The van der Waals surface area contributed by atoms with Crippen LogP contribution in [-0.2, 0) is 23.7 Å². The lowest BCUT2D eigenvalue weighted by Gasteiger charge is -2.34. The third kappa shape index (κ3) is 7.08. The maximum absolute atomic E-state index is 13.9. The Morgan fingerprint density at radius 3 is 1.88 bits per heavy atom. The lowest BCUT2D eigenvalue weighted by molar-refractivity contribution is -0.0886. The van der Waals surface area contributed by atoms with E-state index < -0.39 is 54.5 Å². The zero-order chi connectivity index (χ0) is 37.2. The van der Waals surface area contributed by atoms with Crippen LogP contribution in [0.15, 0.2) is 85.3 Å². The van der Waals surface area contributed by atoms with Gasteiger partial charge in [0.25, 0.3) is 0 Å². The summed E-state index contributed by atoms with van der Waals surface area (Å²) in [6.07, 6.45) is -1.92. The minimum Gasteiger partial charge on any atom is -0.459 e. The lowest BCUT2D eigenvalue weighted by Crippen LogP contribution is -2.49. The van der Waals surface area contributed by atoms with Crippen LogP contribution in [0.2, 0.25) is 0 Å². The summed E-state index contributed by atoms with van der Waals surface area (Å²) in [6, 6.07) is 20.3. The molecule has 4 atom stereocenters. The van der Waals surface area contributed by atoms with Gasteiger partial charge in [0.1, 0.15) is 36.2 Å². The lowest BCUT2D eigenvalue weighted by atomic mass is 9.88. The fourth-order valence-electron chi connectivity index (χ4n) is 6.10. The maximum atomic E-state index is 13.9. The number of benzene rings is 3. The molecule has 268 valence electrons. The summed E-state index contributed by atoms with van der Waals surface area (Å²) in [5.41, 5.74) is 8.59. The van der Waals surface area contributed by atoms with Crippen molar-refractivity contribution in [1.29, 1.82) is 0 Å². The van der Waals surface area contributed by atoms with Gasteiger partial charge < -0.3 is 29.4 Å². The molecule has 1 unspecified atom stereocenters. The average Bonchev–Trinajstić information content (AvgIpc) is 3.63. The molecule has 52 heavy (non-hydrogen) atoms. The molecule has 1 fully saturated rings. The van der Waals surface area contributed by atoms with Gasteiger partial charge in [-0.3, -0.25) is 0 Å². The Labute approximate surface area is 299 Å². The van der Waals surface area contributed by atoms with Crippen LogP contribution >= 0.6 is 0 Å². The molecule has 13 heteroatoms. The molecule has 0 radical (unpaired) electrons. The molecular formula is C39H38N4O9. The molecule has 1 aliphatic heterocycles. The summed E-state index contributed by atoms with van der Waals surface area (Å²) in [4.78, 5) is 62.5. The number of ether oxygens (including phenoxy) is 5. The molecule has 2 N–H and O–H groups in total. The van der Waals surface area contributed by atoms with Crippen LogP contribution < -0.4 is 5.73 Å². The van der Waals surface area contributed by atoms with Gasteiger partial charge in [-0.05, 0) is 71.0 Å². The number of esters is 3. The van der Waals surface area contributed by atoms with E-state index in [9.17, 15) is 19.2 Å². The second-order valence-corrected chi connectivity index (χ2v) is 12.8. The number of aryl methyl sites for hydroxylation is 3. The predicted molar refractivity (Wildman–Crippen MR) is 189 cm³/mol. The SMILES string of the molecule is CCOC(=O)n1cc([C@@H]2OC(COC(=O)c3ccc(C)cc3)[C@@H](OC(=O)c3ccc(C)cc3)[C@@]2(C)OC(=O)c2ccc(C)cc2)c2ncnc(N)c21. The van der Waals surface area contributed by atoms with Gasteiger partial charge in [0.05, 0.1) is 23.3 Å². The highest BCUT2D eigenvalue weighted by Gasteiger charge is 2.60. The number of rotatable bonds is 9. The third-order valence-corrected chi connectivity index (χ3v) is 8.90. The smallest absolute Gasteiger partial charge is 0.418 e. The van der Waals surface area contributed by atoms with Crippen LogP contribution in [0.3, 0.4) is 0 Å². The standard InChI is InChI=1S/C39H38N4O9/c1-6-48-38(47)43-19-28(30-31(43)34(40)42-21-41-30)32-39(5,52-37(46)27-17-11-24(4)12-18-27)33(51-36(45)26-15-9-23(3)10-16-26)29(50-32)20-49-35(44)25-13-7-22(2)8-14-25/h7-19,21,29,32-33H,6,20H2,1-5H3,(H2,40,41,42)/t29?,32-,33+,39-/m0/s1. The van der Waals surface area contributed by atoms with Crippen molar-refractivity contribution in [2.24, 2.45) is 0 Å². The number of fused-ring (bicyclic) bond motifs is 1. The second-order valence-electron chi connectivity index (χ2n) is 12.8. The number of nitrogens with two attached hydrogens (primary N) is 1. The number of hydrogen-bond acceptors (Lipinski definition) is 12.